The Bertz CT molecular complexity index is 347. The highest BCUT2D eigenvalue weighted by Crippen LogP contribution is 2.26. The van der Waals surface area contributed by atoms with E-state index in [1.807, 2.05) is 6.07 Å². The first kappa shape index (κ1) is 12.5. The molecule has 0 bridgehead atoms. The van der Waals surface area contributed by atoms with Crippen LogP contribution < -0.4 is 0 Å². The van der Waals surface area contributed by atoms with Crippen molar-refractivity contribution < 1.29 is 0 Å². The highest BCUT2D eigenvalue weighted by atomic mass is 35.5. The summed E-state index contributed by atoms with van der Waals surface area (Å²) in [5, 5.41) is 1.45. The van der Waals surface area contributed by atoms with Gasteiger partial charge in [0.05, 0.1) is 8.07 Å². The minimum absolute atomic E-state index is 0.663. The Hall–Kier alpha value is -0.533. The Labute approximate surface area is 99.0 Å². The van der Waals surface area contributed by atoms with Gasteiger partial charge in [-0.2, -0.15) is 0 Å². The van der Waals surface area contributed by atoms with Gasteiger partial charge in [-0.3, -0.25) is 0 Å². The predicted octanol–water partition coefficient (Wildman–Crippen LogP) is 4.58. The third-order valence-corrected chi connectivity index (χ3v) is 5.55. The summed E-state index contributed by atoms with van der Waals surface area (Å²) in [5.74, 6) is 0.663. The van der Waals surface area contributed by atoms with Crippen molar-refractivity contribution in [1.29, 1.82) is 0 Å². The average Bonchev–Trinajstić information content (AvgIpc) is 2.18. The van der Waals surface area contributed by atoms with Crippen molar-refractivity contribution >= 4 is 25.2 Å². The zero-order valence-electron chi connectivity index (χ0n) is 9.97. The number of benzene rings is 1. The molecule has 0 amide bonds. The lowest BCUT2D eigenvalue weighted by Crippen LogP contribution is -2.26. The quantitative estimate of drug-likeness (QED) is 0.534. The third-order valence-electron chi connectivity index (χ3n) is 2.70. The maximum Gasteiger partial charge on any atom is 0.0743 e. The van der Waals surface area contributed by atoms with E-state index in [-0.39, 0.29) is 0 Å². The van der Waals surface area contributed by atoms with E-state index in [9.17, 15) is 0 Å². The van der Waals surface area contributed by atoms with Crippen LogP contribution in [-0.2, 0) is 0 Å². The molecule has 0 radical (unpaired) electrons. The molecular weight excluding hydrogens is 220 g/mol. The van der Waals surface area contributed by atoms with Gasteiger partial charge in [-0.1, -0.05) is 55.2 Å². The molecule has 0 N–H and O–H groups in total. The van der Waals surface area contributed by atoms with Crippen LogP contribution in [0.15, 0.2) is 35.5 Å². The van der Waals surface area contributed by atoms with Crippen LogP contribution in [0, 0.1) is 0 Å². The lowest BCUT2D eigenvalue weighted by Gasteiger charge is -2.22. The van der Waals surface area contributed by atoms with Gasteiger partial charge in [-0.15, -0.1) is 11.6 Å². The lowest BCUT2D eigenvalue weighted by molar-refractivity contribution is 1.47. The second kappa shape index (κ2) is 5.00. The molecule has 0 unspecified atom stereocenters. The van der Waals surface area contributed by atoms with Crippen LogP contribution in [0.2, 0.25) is 19.6 Å². The Kier molecular flexibility index (Phi) is 4.18. The van der Waals surface area contributed by atoms with Gasteiger partial charge >= 0.3 is 0 Å². The molecule has 15 heavy (non-hydrogen) atoms. The Balaban J connectivity index is 3.19. The average molecular weight is 239 g/mol. The lowest BCUT2D eigenvalue weighted by atomic mass is 10.1. The second-order valence-electron chi connectivity index (χ2n) is 4.85. The van der Waals surface area contributed by atoms with Crippen molar-refractivity contribution in [2.45, 2.75) is 26.6 Å². The molecule has 0 aliphatic heterocycles. The number of hydrogen-bond donors (Lipinski definition) is 0. The molecule has 82 valence electrons. The number of alkyl halides is 1. The van der Waals surface area contributed by atoms with Crippen LogP contribution in [0.4, 0.5) is 0 Å². The standard InChI is InChI=1S/C13H19ClSi/c1-11(12-8-6-5-7-9-12)13(10-14)15(2,3)4/h5-9H,10H2,1-4H3/b13-11+. The minimum Gasteiger partial charge on any atom is -0.122 e. The molecule has 0 fully saturated rings. The number of allylic oxidation sites excluding steroid dienone is 2. The van der Waals surface area contributed by atoms with E-state index >= 15 is 0 Å². The highest BCUT2D eigenvalue weighted by molar-refractivity contribution is 6.84. The number of rotatable bonds is 3. The summed E-state index contributed by atoms with van der Waals surface area (Å²) in [4.78, 5) is 0. The second-order valence-corrected chi connectivity index (χ2v) is 10.2. The van der Waals surface area contributed by atoms with E-state index in [0.29, 0.717) is 5.88 Å². The van der Waals surface area contributed by atoms with Gasteiger partial charge in [0.15, 0.2) is 0 Å². The summed E-state index contributed by atoms with van der Waals surface area (Å²) in [7, 11) is -1.28. The Morgan fingerprint density at radius 1 is 1.13 bits per heavy atom. The van der Waals surface area contributed by atoms with Crippen LogP contribution in [0.1, 0.15) is 12.5 Å². The zero-order valence-corrected chi connectivity index (χ0v) is 11.7. The van der Waals surface area contributed by atoms with E-state index in [0.717, 1.165) is 0 Å². The third kappa shape index (κ3) is 3.22. The monoisotopic (exact) mass is 238 g/mol. The Morgan fingerprint density at radius 3 is 2.07 bits per heavy atom. The SMILES string of the molecule is C/C(=C(/CCl)[Si](C)(C)C)c1ccccc1. The van der Waals surface area contributed by atoms with Crippen LogP contribution in [0.5, 0.6) is 0 Å². The van der Waals surface area contributed by atoms with Gasteiger partial charge in [0.1, 0.15) is 0 Å². The number of hydrogen-bond acceptors (Lipinski definition) is 0. The topological polar surface area (TPSA) is 0 Å². The summed E-state index contributed by atoms with van der Waals surface area (Å²) in [6.45, 7) is 9.22. The van der Waals surface area contributed by atoms with Crippen LogP contribution in [-0.4, -0.2) is 14.0 Å². The van der Waals surface area contributed by atoms with Crippen molar-refractivity contribution in [1.82, 2.24) is 0 Å². The van der Waals surface area contributed by atoms with Gasteiger partial charge < -0.3 is 0 Å². The van der Waals surface area contributed by atoms with Crippen molar-refractivity contribution in [3.63, 3.8) is 0 Å². The molecule has 1 aromatic rings. The molecule has 2 heteroatoms. The minimum atomic E-state index is -1.28. The molecule has 0 spiro atoms. The largest absolute Gasteiger partial charge is 0.122 e. The maximum absolute atomic E-state index is 6.07. The van der Waals surface area contributed by atoms with Gasteiger partial charge in [-0.25, -0.2) is 0 Å². The van der Waals surface area contributed by atoms with E-state index in [2.05, 4.69) is 50.8 Å². The summed E-state index contributed by atoms with van der Waals surface area (Å²) in [5.41, 5.74) is 2.67. The smallest absolute Gasteiger partial charge is 0.0743 e. The molecule has 0 saturated carbocycles. The van der Waals surface area contributed by atoms with E-state index in [1.54, 1.807) is 0 Å². The predicted molar refractivity (Wildman–Crippen MR) is 73.1 cm³/mol. The molecule has 1 rings (SSSR count). The van der Waals surface area contributed by atoms with Crippen molar-refractivity contribution in [2.24, 2.45) is 0 Å². The van der Waals surface area contributed by atoms with Crippen LogP contribution in [0.25, 0.3) is 5.57 Å². The van der Waals surface area contributed by atoms with Gasteiger partial charge in [-0.05, 0) is 18.1 Å². The van der Waals surface area contributed by atoms with Gasteiger partial charge in [0.25, 0.3) is 0 Å². The van der Waals surface area contributed by atoms with E-state index in [4.69, 9.17) is 11.6 Å². The van der Waals surface area contributed by atoms with Crippen molar-refractivity contribution in [2.75, 3.05) is 5.88 Å². The summed E-state index contributed by atoms with van der Waals surface area (Å²) in [6, 6.07) is 10.5. The van der Waals surface area contributed by atoms with Crippen LogP contribution >= 0.6 is 11.6 Å². The summed E-state index contributed by atoms with van der Waals surface area (Å²) in [6.07, 6.45) is 0. The molecule has 0 aliphatic rings. The highest BCUT2D eigenvalue weighted by Gasteiger charge is 2.21. The molecule has 0 aromatic heterocycles. The summed E-state index contributed by atoms with van der Waals surface area (Å²) < 4.78 is 0. The fraction of sp³-hybridized carbons (Fsp3) is 0.385. The van der Waals surface area contributed by atoms with Crippen LogP contribution in [0.3, 0.4) is 0 Å². The van der Waals surface area contributed by atoms with E-state index in [1.165, 1.54) is 16.3 Å². The first-order valence-electron chi connectivity index (χ1n) is 5.28. The summed E-state index contributed by atoms with van der Waals surface area (Å²) >= 11 is 6.07. The number of halogens is 1. The van der Waals surface area contributed by atoms with E-state index < -0.39 is 8.07 Å². The first-order chi connectivity index (χ1) is 6.96. The molecule has 0 heterocycles. The molecule has 0 saturated heterocycles. The normalized spacial score (nSPS) is 13.7. The fourth-order valence-corrected chi connectivity index (χ4v) is 4.80. The van der Waals surface area contributed by atoms with Crippen molar-refractivity contribution in [3.05, 3.63) is 41.1 Å². The molecule has 0 nitrogen and oxygen atoms in total. The maximum atomic E-state index is 6.07. The molecule has 0 atom stereocenters. The van der Waals surface area contributed by atoms with Gasteiger partial charge in [0, 0.05) is 5.88 Å². The first-order valence-corrected chi connectivity index (χ1v) is 9.32. The fourth-order valence-electron chi connectivity index (χ4n) is 1.73. The molecule has 0 aliphatic carbocycles. The zero-order chi connectivity index (χ0) is 11.5. The molecular formula is C13H19ClSi. The Morgan fingerprint density at radius 2 is 1.67 bits per heavy atom. The molecule has 1 aromatic carbocycles. The van der Waals surface area contributed by atoms with Crippen molar-refractivity contribution in [3.8, 4) is 0 Å². The van der Waals surface area contributed by atoms with Gasteiger partial charge in [0.2, 0.25) is 0 Å².